The summed E-state index contributed by atoms with van der Waals surface area (Å²) in [4.78, 5) is 12.1. The van der Waals surface area contributed by atoms with Crippen LogP contribution >= 0.6 is 12.4 Å². The lowest BCUT2D eigenvalue weighted by atomic mass is 10.0. The molecule has 1 fully saturated rings. The second-order valence-corrected chi connectivity index (χ2v) is 5.74. The van der Waals surface area contributed by atoms with E-state index in [0.29, 0.717) is 0 Å². The molecule has 1 heterocycles. The number of amides is 1. The molecule has 3 nitrogen and oxygen atoms in total. The van der Waals surface area contributed by atoms with Gasteiger partial charge in [-0.05, 0) is 42.5 Å². The highest BCUT2D eigenvalue weighted by molar-refractivity contribution is 5.95. The molecular weight excluding hydrogens is 272 g/mol. The molecule has 1 aliphatic carbocycles. The molecule has 0 saturated heterocycles. The fourth-order valence-corrected chi connectivity index (χ4v) is 3.24. The van der Waals surface area contributed by atoms with Gasteiger partial charge in [-0.1, -0.05) is 25.7 Å². The van der Waals surface area contributed by atoms with Crippen LogP contribution in [0.1, 0.15) is 48.0 Å². The van der Waals surface area contributed by atoms with E-state index in [1.54, 1.807) is 0 Å². The first-order chi connectivity index (χ1) is 9.33. The smallest absolute Gasteiger partial charge is 0.251 e. The van der Waals surface area contributed by atoms with Gasteiger partial charge >= 0.3 is 0 Å². The number of halogens is 1. The molecule has 1 saturated carbocycles. The third-order valence-electron chi connectivity index (χ3n) is 4.39. The first-order valence-corrected chi connectivity index (χ1v) is 7.48. The van der Waals surface area contributed by atoms with Crippen LogP contribution in [-0.4, -0.2) is 19.0 Å². The second-order valence-electron chi connectivity index (χ2n) is 5.74. The van der Waals surface area contributed by atoms with E-state index in [1.807, 2.05) is 18.2 Å². The molecule has 0 atom stereocenters. The lowest BCUT2D eigenvalue weighted by Crippen LogP contribution is -2.25. The third-order valence-corrected chi connectivity index (χ3v) is 4.39. The van der Waals surface area contributed by atoms with Crippen LogP contribution in [0.15, 0.2) is 18.2 Å². The number of carbonyl (C=O) groups is 1. The molecule has 1 aromatic carbocycles. The molecule has 20 heavy (non-hydrogen) atoms. The molecule has 110 valence electrons. The lowest BCUT2D eigenvalue weighted by molar-refractivity contribution is 0.0951. The first-order valence-electron chi connectivity index (χ1n) is 7.48. The highest BCUT2D eigenvalue weighted by atomic mass is 35.5. The highest BCUT2D eigenvalue weighted by Gasteiger charge is 2.16. The maximum atomic E-state index is 12.1. The minimum Gasteiger partial charge on any atom is -0.384 e. The van der Waals surface area contributed by atoms with E-state index >= 15 is 0 Å². The number of benzene rings is 1. The van der Waals surface area contributed by atoms with Gasteiger partial charge in [0.1, 0.15) is 0 Å². The Morgan fingerprint density at radius 2 is 2.10 bits per heavy atom. The van der Waals surface area contributed by atoms with E-state index in [9.17, 15) is 4.79 Å². The van der Waals surface area contributed by atoms with E-state index < -0.39 is 0 Å². The normalized spacial score (nSPS) is 17.2. The van der Waals surface area contributed by atoms with Crippen molar-refractivity contribution in [2.24, 2.45) is 5.92 Å². The van der Waals surface area contributed by atoms with Gasteiger partial charge in [-0.2, -0.15) is 0 Å². The molecule has 3 rings (SSSR count). The van der Waals surface area contributed by atoms with Gasteiger partial charge in [0.05, 0.1) is 0 Å². The minimum absolute atomic E-state index is 0. The molecule has 0 bridgehead atoms. The number of nitrogens with one attached hydrogen (secondary N) is 2. The summed E-state index contributed by atoms with van der Waals surface area (Å²) in [5.41, 5.74) is 3.25. The maximum absolute atomic E-state index is 12.1. The van der Waals surface area contributed by atoms with Gasteiger partial charge in [-0.25, -0.2) is 0 Å². The number of hydrogen-bond acceptors (Lipinski definition) is 2. The van der Waals surface area contributed by atoms with Crippen LogP contribution in [0.25, 0.3) is 0 Å². The van der Waals surface area contributed by atoms with Crippen molar-refractivity contribution in [1.29, 1.82) is 0 Å². The monoisotopic (exact) mass is 294 g/mol. The van der Waals surface area contributed by atoms with E-state index in [2.05, 4.69) is 10.6 Å². The fraction of sp³-hybridized carbons (Fsp3) is 0.562. The van der Waals surface area contributed by atoms with Gasteiger partial charge in [0.2, 0.25) is 0 Å². The Morgan fingerprint density at radius 1 is 1.30 bits per heavy atom. The van der Waals surface area contributed by atoms with Gasteiger partial charge in [0.15, 0.2) is 0 Å². The van der Waals surface area contributed by atoms with E-state index in [1.165, 1.54) is 36.9 Å². The van der Waals surface area contributed by atoms with Crippen molar-refractivity contribution >= 4 is 24.0 Å². The number of anilines is 1. The van der Waals surface area contributed by atoms with E-state index in [4.69, 9.17) is 0 Å². The Hall–Kier alpha value is -1.22. The topological polar surface area (TPSA) is 41.1 Å². The Bertz CT molecular complexity index is 470. The molecule has 0 aromatic heterocycles. The van der Waals surface area contributed by atoms with Crippen molar-refractivity contribution in [3.05, 3.63) is 29.3 Å². The summed E-state index contributed by atoms with van der Waals surface area (Å²) in [5, 5.41) is 6.37. The van der Waals surface area contributed by atoms with Crippen molar-refractivity contribution in [3.63, 3.8) is 0 Å². The predicted molar refractivity (Wildman–Crippen MR) is 84.8 cm³/mol. The largest absolute Gasteiger partial charge is 0.384 e. The molecule has 0 unspecified atom stereocenters. The Labute approximate surface area is 126 Å². The van der Waals surface area contributed by atoms with Crippen molar-refractivity contribution in [2.75, 3.05) is 18.4 Å². The molecule has 4 heteroatoms. The predicted octanol–water partition coefficient (Wildman–Crippen LogP) is 3.39. The number of carbonyl (C=O) groups excluding carboxylic acids is 1. The lowest BCUT2D eigenvalue weighted by Gasteiger charge is -2.10. The fourth-order valence-electron chi connectivity index (χ4n) is 3.24. The van der Waals surface area contributed by atoms with Crippen LogP contribution in [0.4, 0.5) is 5.69 Å². The van der Waals surface area contributed by atoms with Crippen molar-refractivity contribution in [3.8, 4) is 0 Å². The molecule has 2 N–H and O–H groups in total. The summed E-state index contributed by atoms with van der Waals surface area (Å²) in [6, 6.07) is 5.97. The van der Waals surface area contributed by atoms with Crippen LogP contribution in [-0.2, 0) is 6.42 Å². The van der Waals surface area contributed by atoms with E-state index in [-0.39, 0.29) is 18.3 Å². The van der Waals surface area contributed by atoms with Crippen LogP contribution in [0.2, 0.25) is 0 Å². The minimum atomic E-state index is 0. The molecule has 1 aromatic rings. The van der Waals surface area contributed by atoms with Crippen molar-refractivity contribution in [1.82, 2.24) is 5.32 Å². The maximum Gasteiger partial charge on any atom is 0.251 e. The summed E-state index contributed by atoms with van der Waals surface area (Å²) >= 11 is 0. The van der Waals surface area contributed by atoms with Crippen LogP contribution in [0, 0.1) is 5.92 Å². The van der Waals surface area contributed by atoms with Crippen LogP contribution in [0.3, 0.4) is 0 Å². The zero-order chi connectivity index (χ0) is 13.1. The SMILES string of the molecule is Cl.O=C(NCCC1CCCC1)c1ccc2c(c1)CCN2. The van der Waals surface area contributed by atoms with Gasteiger partial charge < -0.3 is 10.6 Å². The molecule has 0 spiro atoms. The summed E-state index contributed by atoms with van der Waals surface area (Å²) in [5.74, 6) is 0.914. The highest BCUT2D eigenvalue weighted by Crippen LogP contribution is 2.27. The van der Waals surface area contributed by atoms with Gasteiger partial charge in [0, 0.05) is 24.3 Å². The van der Waals surface area contributed by atoms with Crippen molar-refractivity contribution in [2.45, 2.75) is 38.5 Å². The number of rotatable bonds is 4. The summed E-state index contributed by atoms with van der Waals surface area (Å²) < 4.78 is 0. The Morgan fingerprint density at radius 3 is 2.90 bits per heavy atom. The van der Waals surface area contributed by atoms with Crippen LogP contribution < -0.4 is 10.6 Å². The quantitative estimate of drug-likeness (QED) is 0.894. The van der Waals surface area contributed by atoms with Gasteiger partial charge in [-0.3, -0.25) is 4.79 Å². The number of fused-ring (bicyclic) bond motifs is 1. The molecule has 1 aliphatic heterocycles. The molecule has 1 amide bonds. The average molecular weight is 295 g/mol. The second kappa shape index (κ2) is 6.98. The Balaban J connectivity index is 0.00000147. The van der Waals surface area contributed by atoms with Gasteiger partial charge in [-0.15, -0.1) is 12.4 Å². The third kappa shape index (κ3) is 3.45. The average Bonchev–Trinajstić information content (AvgIpc) is 3.08. The first kappa shape index (κ1) is 15.2. The zero-order valence-corrected chi connectivity index (χ0v) is 12.6. The molecule has 0 radical (unpaired) electrons. The summed E-state index contributed by atoms with van der Waals surface area (Å²) in [6.45, 7) is 1.81. The van der Waals surface area contributed by atoms with Crippen molar-refractivity contribution < 1.29 is 4.79 Å². The molecular formula is C16H23ClN2O. The molecule has 2 aliphatic rings. The number of hydrogen-bond donors (Lipinski definition) is 2. The van der Waals surface area contributed by atoms with E-state index in [0.717, 1.165) is 37.4 Å². The zero-order valence-electron chi connectivity index (χ0n) is 11.8. The summed E-state index contributed by atoms with van der Waals surface area (Å²) in [6.07, 6.45) is 7.60. The van der Waals surface area contributed by atoms with Gasteiger partial charge in [0.25, 0.3) is 5.91 Å². The standard InChI is InChI=1S/C16H22N2O.ClH/c19-16(18-9-7-12-3-1-2-4-12)14-5-6-15-13(11-14)8-10-17-15;/h5-6,11-12,17H,1-4,7-10H2,(H,18,19);1H. The summed E-state index contributed by atoms with van der Waals surface area (Å²) in [7, 11) is 0. The Kier molecular flexibility index (Phi) is 5.30. The van der Waals surface area contributed by atoms with Crippen LogP contribution in [0.5, 0.6) is 0 Å².